The summed E-state index contributed by atoms with van der Waals surface area (Å²) in [5.41, 5.74) is 1.35. The second-order valence-corrected chi connectivity index (χ2v) is 1.95. The predicted octanol–water partition coefficient (Wildman–Crippen LogP) is 0.335. The van der Waals surface area contributed by atoms with Crippen molar-refractivity contribution in [3.8, 4) is 11.8 Å². The van der Waals surface area contributed by atoms with Crippen LogP contribution in [0, 0.1) is 18.8 Å². The van der Waals surface area contributed by atoms with Crippen LogP contribution in [0.5, 0.6) is 0 Å². The first-order valence-corrected chi connectivity index (χ1v) is 3.08. The minimum absolute atomic E-state index is 0.516. The first-order valence-electron chi connectivity index (χ1n) is 3.08. The quantitative estimate of drug-likeness (QED) is 0.391. The van der Waals surface area contributed by atoms with Crippen LogP contribution in [0.1, 0.15) is 11.4 Å². The molecule has 1 rings (SSSR count). The van der Waals surface area contributed by atoms with Crippen molar-refractivity contribution in [3.63, 3.8) is 0 Å². The Morgan fingerprint density at radius 1 is 1.45 bits per heavy atom. The van der Waals surface area contributed by atoms with E-state index in [4.69, 9.17) is 0 Å². The highest BCUT2D eigenvalue weighted by molar-refractivity contribution is 5.73. The standard InChI is InChI=1S/C8H6N2O/c1-7-4-5-8(10-9-7)3-2-6-11/h4-6H,1H3. The van der Waals surface area contributed by atoms with Crippen molar-refractivity contribution in [1.82, 2.24) is 10.2 Å². The van der Waals surface area contributed by atoms with Gasteiger partial charge < -0.3 is 0 Å². The average molecular weight is 146 g/mol. The lowest BCUT2D eigenvalue weighted by molar-refractivity contribution is -0.103. The molecule has 0 saturated carbocycles. The van der Waals surface area contributed by atoms with Crippen molar-refractivity contribution in [2.75, 3.05) is 0 Å². The molecule has 0 radical (unpaired) electrons. The van der Waals surface area contributed by atoms with Gasteiger partial charge in [-0.05, 0) is 30.9 Å². The zero-order valence-corrected chi connectivity index (χ0v) is 6.03. The number of carbonyl (C=O) groups excluding carboxylic acids is 1. The van der Waals surface area contributed by atoms with Crippen LogP contribution in [0.2, 0.25) is 0 Å². The van der Waals surface area contributed by atoms with E-state index in [-0.39, 0.29) is 0 Å². The van der Waals surface area contributed by atoms with Gasteiger partial charge in [0, 0.05) is 0 Å². The molecule has 54 valence electrons. The number of aromatic nitrogens is 2. The fourth-order valence-corrected chi connectivity index (χ4v) is 0.569. The van der Waals surface area contributed by atoms with Gasteiger partial charge in [-0.15, -0.1) is 5.10 Å². The summed E-state index contributed by atoms with van der Waals surface area (Å²) in [5, 5.41) is 7.50. The molecule has 0 unspecified atom stereocenters. The van der Waals surface area contributed by atoms with Gasteiger partial charge in [-0.3, -0.25) is 4.79 Å². The van der Waals surface area contributed by atoms with Crippen LogP contribution in [-0.4, -0.2) is 16.5 Å². The number of hydrogen-bond donors (Lipinski definition) is 0. The highest BCUT2D eigenvalue weighted by atomic mass is 16.1. The minimum Gasteiger partial charge on any atom is -0.289 e. The third-order valence-corrected chi connectivity index (χ3v) is 1.06. The summed E-state index contributed by atoms with van der Waals surface area (Å²) >= 11 is 0. The third kappa shape index (κ3) is 2.18. The Bertz CT molecular complexity index is 305. The number of aldehydes is 1. The third-order valence-electron chi connectivity index (χ3n) is 1.06. The van der Waals surface area contributed by atoms with Gasteiger partial charge in [-0.25, -0.2) is 0 Å². The first-order chi connectivity index (χ1) is 5.33. The van der Waals surface area contributed by atoms with E-state index in [1.807, 2.05) is 6.92 Å². The smallest absolute Gasteiger partial charge is 0.193 e. The normalized spacial score (nSPS) is 8.09. The maximum Gasteiger partial charge on any atom is 0.193 e. The van der Waals surface area contributed by atoms with Crippen molar-refractivity contribution < 1.29 is 4.79 Å². The van der Waals surface area contributed by atoms with Gasteiger partial charge in [-0.1, -0.05) is 0 Å². The molecule has 0 aliphatic heterocycles. The van der Waals surface area contributed by atoms with Gasteiger partial charge in [0.05, 0.1) is 5.69 Å². The van der Waals surface area contributed by atoms with E-state index < -0.39 is 0 Å². The minimum atomic E-state index is 0.516. The largest absolute Gasteiger partial charge is 0.289 e. The van der Waals surface area contributed by atoms with Crippen molar-refractivity contribution in [3.05, 3.63) is 23.5 Å². The van der Waals surface area contributed by atoms with Crippen LogP contribution in [0.4, 0.5) is 0 Å². The molecular formula is C8H6N2O. The first kappa shape index (κ1) is 7.42. The molecule has 1 aromatic heterocycles. The zero-order valence-electron chi connectivity index (χ0n) is 6.03. The molecule has 0 aromatic carbocycles. The zero-order chi connectivity index (χ0) is 8.10. The maximum atomic E-state index is 9.82. The van der Waals surface area contributed by atoms with Crippen LogP contribution in [-0.2, 0) is 4.79 Å². The highest BCUT2D eigenvalue weighted by Gasteiger charge is 1.87. The summed E-state index contributed by atoms with van der Waals surface area (Å²) in [4.78, 5) is 9.82. The van der Waals surface area contributed by atoms with Gasteiger partial charge in [0.25, 0.3) is 0 Å². The molecule has 1 aromatic rings. The highest BCUT2D eigenvalue weighted by Crippen LogP contribution is 1.91. The summed E-state index contributed by atoms with van der Waals surface area (Å²) < 4.78 is 0. The number of aryl methyl sites for hydroxylation is 1. The summed E-state index contributed by atoms with van der Waals surface area (Å²) in [6.07, 6.45) is 0.529. The van der Waals surface area contributed by atoms with E-state index in [9.17, 15) is 4.79 Å². The molecule has 0 saturated heterocycles. The van der Waals surface area contributed by atoms with Crippen LogP contribution in [0.25, 0.3) is 0 Å². The lowest BCUT2D eigenvalue weighted by Crippen LogP contribution is -1.88. The number of nitrogens with zero attached hydrogens (tertiary/aromatic N) is 2. The number of rotatable bonds is 0. The summed E-state index contributed by atoms with van der Waals surface area (Å²) in [6.45, 7) is 1.84. The monoisotopic (exact) mass is 146 g/mol. The van der Waals surface area contributed by atoms with Gasteiger partial charge in [-0.2, -0.15) is 5.10 Å². The molecule has 1 heterocycles. The van der Waals surface area contributed by atoms with E-state index in [2.05, 4.69) is 22.0 Å². The van der Waals surface area contributed by atoms with E-state index in [1.54, 1.807) is 12.1 Å². The molecule has 11 heavy (non-hydrogen) atoms. The summed E-state index contributed by atoms with van der Waals surface area (Å²) in [5.74, 6) is 4.78. The topological polar surface area (TPSA) is 42.9 Å². The van der Waals surface area contributed by atoms with E-state index in [0.717, 1.165) is 5.69 Å². The Balaban J connectivity index is 2.90. The molecule has 0 spiro atoms. The molecule has 3 heteroatoms. The molecule has 3 nitrogen and oxygen atoms in total. The number of hydrogen-bond acceptors (Lipinski definition) is 3. The Hall–Kier alpha value is -1.69. The predicted molar refractivity (Wildman–Crippen MR) is 39.7 cm³/mol. The molecule has 0 atom stereocenters. The number of carbonyl (C=O) groups is 1. The van der Waals surface area contributed by atoms with Crippen LogP contribution >= 0.6 is 0 Å². The van der Waals surface area contributed by atoms with Gasteiger partial charge in [0.2, 0.25) is 0 Å². The fraction of sp³-hybridized carbons (Fsp3) is 0.125. The molecule has 0 N–H and O–H groups in total. The second-order valence-electron chi connectivity index (χ2n) is 1.95. The van der Waals surface area contributed by atoms with E-state index >= 15 is 0 Å². The Morgan fingerprint density at radius 2 is 2.27 bits per heavy atom. The SMILES string of the molecule is Cc1ccc(C#CC=O)nn1. The fourth-order valence-electron chi connectivity index (χ4n) is 0.569. The second kappa shape index (κ2) is 3.47. The van der Waals surface area contributed by atoms with Gasteiger partial charge in [0.15, 0.2) is 6.29 Å². The van der Waals surface area contributed by atoms with Crippen molar-refractivity contribution in [2.24, 2.45) is 0 Å². The van der Waals surface area contributed by atoms with Crippen molar-refractivity contribution in [1.29, 1.82) is 0 Å². The average Bonchev–Trinajstić information content (AvgIpc) is 2.04. The maximum absolute atomic E-state index is 9.82. The molecule has 0 amide bonds. The summed E-state index contributed by atoms with van der Waals surface area (Å²) in [7, 11) is 0. The van der Waals surface area contributed by atoms with Crippen molar-refractivity contribution >= 4 is 6.29 Å². The lowest BCUT2D eigenvalue weighted by Gasteiger charge is -1.87. The Kier molecular flexibility index (Phi) is 2.34. The van der Waals surface area contributed by atoms with Crippen LogP contribution < -0.4 is 0 Å². The molecular weight excluding hydrogens is 140 g/mol. The van der Waals surface area contributed by atoms with Crippen molar-refractivity contribution in [2.45, 2.75) is 6.92 Å². The Morgan fingerprint density at radius 3 is 2.82 bits per heavy atom. The van der Waals surface area contributed by atoms with Gasteiger partial charge in [0.1, 0.15) is 5.69 Å². The van der Waals surface area contributed by atoms with E-state index in [0.29, 0.717) is 12.0 Å². The molecule has 0 fully saturated rings. The van der Waals surface area contributed by atoms with Crippen LogP contribution in [0.3, 0.4) is 0 Å². The lowest BCUT2D eigenvalue weighted by atomic mass is 10.3. The van der Waals surface area contributed by atoms with Crippen LogP contribution in [0.15, 0.2) is 12.1 Å². The Labute approximate surface area is 64.5 Å². The molecule has 0 aliphatic rings. The molecule has 0 bridgehead atoms. The molecule has 0 aliphatic carbocycles. The summed E-state index contributed by atoms with van der Waals surface area (Å²) in [6, 6.07) is 3.51. The van der Waals surface area contributed by atoms with Gasteiger partial charge >= 0.3 is 0 Å². The van der Waals surface area contributed by atoms with E-state index in [1.165, 1.54) is 0 Å².